The molecule has 2 heterocycles. The summed E-state index contributed by atoms with van der Waals surface area (Å²) in [5.41, 5.74) is 0.999. The Balaban J connectivity index is 1.60. The smallest absolute Gasteiger partial charge is 0.246 e. The standard InChI is InChI=1S/C17H18N2O3S2/c20-17(7-6-15-8-13-23-14-15)18-9-11-19(12-10-18)24(21,22)16-4-2-1-3-5-16/h1-8,13-14H,9-12H2/b7-6+. The van der Waals surface area contributed by atoms with Gasteiger partial charge in [0.15, 0.2) is 0 Å². The number of rotatable bonds is 4. The van der Waals surface area contributed by atoms with E-state index in [1.165, 1.54) is 4.31 Å². The van der Waals surface area contributed by atoms with Crippen LogP contribution in [0.3, 0.4) is 0 Å². The summed E-state index contributed by atoms with van der Waals surface area (Å²) in [6, 6.07) is 10.3. The molecule has 24 heavy (non-hydrogen) atoms. The number of carbonyl (C=O) groups excluding carboxylic acids is 1. The Morgan fingerprint density at radius 3 is 2.38 bits per heavy atom. The maximum atomic E-state index is 12.6. The Hall–Kier alpha value is -1.96. The van der Waals surface area contributed by atoms with E-state index in [1.54, 1.807) is 58.7 Å². The molecule has 126 valence electrons. The van der Waals surface area contributed by atoms with Crippen LogP contribution in [0.1, 0.15) is 5.56 Å². The molecule has 0 atom stereocenters. The molecule has 1 amide bonds. The van der Waals surface area contributed by atoms with Crippen LogP contribution in [0.2, 0.25) is 0 Å². The van der Waals surface area contributed by atoms with Crippen molar-refractivity contribution in [1.82, 2.24) is 9.21 Å². The van der Waals surface area contributed by atoms with Gasteiger partial charge in [-0.15, -0.1) is 0 Å². The van der Waals surface area contributed by atoms with Crippen LogP contribution in [-0.4, -0.2) is 49.7 Å². The molecule has 1 saturated heterocycles. The van der Waals surface area contributed by atoms with Crippen LogP contribution in [-0.2, 0) is 14.8 Å². The predicted molar refractivity (Wildman–Crippen MR) is 95.1 cm³/mol. The van der Waals surface area contributed by atoms with Crippen LogP contribution >= 0.6 is 11.3 Å². The summed E-state index contributed by atoms with van der Waals surface area (Å²) in [7, 11) is -3.48. The van der Waals surface area contributed by atoms with E-state index < -0.39 is 10.0 Å². The Morgan fingerprint density at radius 1 is 1.04 bits per heavy atom. The molecule has 0 N–H and O–H groups in total. The van der Waals surface area contributed by atoms with Gasteiger partial charge >= 0.3 is 0 Å². The fourth-order valence-electron chi connectivity index (χ4n) is 2.53. The third kappa shape index (κ3) is 3.75. The lowest BCUT2D eigenvalue weighted by Crippen LogP contribution is -2.50. The molecule has 3 rings (SSSR count). The number of amides is 1. The Labute approximate surface area is 145 Å². The van der Waals surface area contributed by atoms with E-state index in [4.69, 9.17) is 0 Å². The van der Waals surface area contributed by atoms with Crippen LogP contribution in [0.5, 0.6) is 0 Å². The molecule has 7 heteroatoms. The van der Waals surface area contributed by atoms with Crippen molar-refractivity contribution in [3.63, 3.8) is 0 Å². The van der Waals surface area contributed by atoms with Crippen molar-refractivity contribution in [2.75, 3.05) is 26.2 Å². The molecule has 1 aromatic carbocycles. The van der Waals surface area contributed by atoms with Crippen LogP contribution in [0.15, 0.2) is 58.1 Å². The van der Waals surface area contributed by atoms with Gasteiger partial charge in [0.1, 0.15) is 0 Å². The summed E-state index contributed by atoms with van der Waals surface area (Å²) in [6.07, 6.45) is 3.33. The monoisotopic (exact) mass is 362 g/mol. The summed E-state index contributed by atoms with van der Waals surface area (Å²) in [5.74, 6) is -0.0852. The van der Waals surface area contributed by atoms with Gasteiger partial charge in [0.05, 0.1) is 4.90 Å². The average molecular weight is 362 g/mol. The molecule has 1 fully saturated rings. The van der Waals surface area contributed by atoms with Gasteiger partial charge in [0.25, 0.3) is 0 Å². The van der Waals surface area contributed by atoms with E-state index >= 15 is 0 Å². The Kier molecular flexibility index (Phi) is 5.13. The highest BCUT2D eigenvalue weighted by Crippen LogP contribution is 2.17. The van der Waals surface area contributed by atoms with Crippen molar-refractivity contribution in [3.8, 4) is 0 Å². The lowest BCUT2D eigenvalue weighted by molar-refractivity contribution is -0.127. The normalized spacial score (nSPS) is 16.6. The first-order valence-corrected chi connectivity index (χ1v) is 10.00. The molecule has 0 aliphatic carbocycles. The maximum Gasteiger partial charge on any atom is 0.246 e. The van der Waals surface area contributed by atoms with Gasteiger partial charge in [-0.1, -0.05) is 18.2 Å². The lowest BCUT2D eigenvalue weighted by Gasteiger charge is -2.33. The molecule has 0 spiro atoms. The number of piperazine rings is 1. The minimum absolute atomic E-state index is 0.0852. The average Bonchev–Trinajstić information content (AvgIpc) is 3.14. The zero-order valence-electron chi connectivity index (χ0n) is 13.0. The summed E-state index contributed by atoms with van der Waals surface area (Å²) in [6.45, 7) is 1.43. The second-order valence-corrected chi connectivity index (χ2v) is 8.15. The van der Waals surface area contributed by atoms with Crippen LogP contribution < -0.4 is 0 Å². The minimum Gasteiger partial charge on any atom is -0.337 e. The molecule has 0 unspecified atom stereocenters. The van der Waals surface area contributed by atoms with Crippen LogP contribution in [0.4, 0.5) is 0 Å². The van der Waals surface area contributed by atoms with E-state index in [0.29, 0.717) is 31.1 Å². The van der Waals surface area contributed by atoms with Gasteiger partial charge in [0.2, 0.25) is 15.9 Å². The Morgan fingerprint density at radius 2 is 1.75 bits per heavy atom. The highest BCUT2D eigenvalue weighted by atomic mass is 32.2. The fourth-order valence-corrected chi connectivity index (χ4v) is 4.60. The van der Waals surface area contributed by atoms with E-state index in [0.717, 1.165) is 5.56 Å². The molecule has 5 nitrogen and oxygen atoms in total. The number of hydrogen-bond donors (Lipinski definition) is 0. The lowest BCUT2D eigenvalue weighted by atomic mass is 10.3. The maximum absolute atomic E-state index is 12.6. The van der Waals surface area contributed by atoms with Gasteiger partial charge in [-0.25, -0.2) is 8.42 Å². The zero-order valence-corrected chi connectivity index (χ0v) is 14.7. The van der Waals surface area contributed by atoms with E-state index in [1.807, 2.05) is 16.8 Å². The van der Waals surface area contributed by atoms with Gasteiger partial charge < -0.3 is 4.90 Å². The number of hydrogen-bond acceptors (Lipinski definition) is 4. The predicted octanol–water partition coefficient (Wildman–Crippen LogP) is 2.29. The third-order valence-electron chi connectivity index (χ3n) is 3.89. The van der Waals surface area contributed by atoms with E-state index in [-0.39, 0.29) is 5.91 Å². The fraction of sp³-hybridized carbons (Fsp3) is 0.235. The molecule has 0 radical (unpaired) electrons. The minimum atomic E-state index is -3.48. The summed E-state index contributed by atoms with van der Waals surface area (Å²) in [5, 5.41) is 3.92. The molecule has 2 aromatic rings. The molecule has 1 aliphatic rings. The van der Waals surface area contributed by atoms with Crippen molar-refractivity contribution < 1.29 is 13.2 Å². The SMILES string of the molecule is O=C(/C=C/c1ccsc1)N1CCN(S(=O)(=O)c2ccccc2)CC1. The van der Waals surface area contributed by atoms with Crippen molar-refractivity contribution in [3.05, 3.63) is 58.8 Å². The third-order valence-corrected chi connectivity index (χ3v) is 6.51. The van der Waals surface area contributed by atoms with Gasteiger partial charge in [0, 0.05) is 32.3 Å². The molecular weight excluding hydrogens is 344 g/mol. The molecule has 1 aromatic heterocycles. The number of carbonyl (C=O) groups is 1. The number of thiophene rings is 1. The highest BCUT2D eigenvalue weighted by Gasteiger charge is 2.29. The van der Waals surface area contributed by atoms with Gasteiger partial charge in [-0.3, -0.25) is 4.79 Å². The second kappa shape index (κ2) is 7.29. The number of benzene rings is 1. The Bertz CT molecular complexity index is 807. The first kappa shape index (κ1) is 16.9. The van der Waals surface area contributed by atoms with E-state index in [9.17, 15) is 13.2 Å². The summed E-state index contributed by atoms with van der Waals surface area (Å²) >= 11 is 1.58. The molecule has 0 saturated carbocycles. The van der Waals surface area contributed by atoms with Crippen LogP contribution in [0.25, 0.3) is 6.08 Å². The van der Waals surface area contributed by atoms with Crippen molar-refractivity contribution in [2.45, 2.75) is 4.90 Å². The van der Waals surface area contributed by atoms with Crippen LogP contribution in [0, 0.1) is 0 Å². The summed E-state index contributed by atoms with van der Waals surface area (Å²) in [4.78, 5) is 14.2. The molecule has 0 bridgehead atoms. The topological polar surface area (TPSA) is 57.7 Å². The van der Waals surface area contributed by atoms with Gasteiger partial charge in [-0.05, 0) is 40.6 Å². The largest absolute Gasteiger partial charge is 0.337 e. The molecular formula is C17H18N2O3S2. The molecule has 1 aliphatic heterocycles. The quantitative estimate of drug-likeness (QED) is 0.784. The second-order valence-electron chi connectivity index (χ2n) is 5.43. The van der Waals surface area contributed by atoms with Crippen molar-refractivity contribution in [1.29, 1.82) is 0 Å². The van der Waals surface area contributed by atoms with Crippen molar-refractivity contribution in [2.24, 2.45) is 0 Å². The summed E-state index contributed by atoms with van der Waals surface area (Å²) < 4.78 is 26.5. The zero-order chi connectivity index (χ0) is 17.0. The van der Waals surface area contributed by atoms with Gasteiger partial charge in [-0.2, -0.15) is 15.6 Å². The van der Waals surface area contributed by atoms with E-state index in [2.05, 4.69) is 0 Å². The first-order valence-electron chi connectivity index (χ1n) is 7.62. The highest BCUT2D eigenvalue weighted by molar-refractivity contribution is 7.89. The number of sulfonamides is 1. The first-order chi connectivity index (χ1) is 11.6. The number of nitrogens with zero attached hydrogens (tertiary/aromatic N) is 2. The van der Waals surface area contributed by atoms with Crippen molar-refractivity contribution >= 4 is 33.3 Å².